The van der Waals surface area contributed by atoms with Crippen molar-refractivity contribution in [3.8, 4) is 11.3 Å². The molecule has 3 aliphatic heterocycles. The van der Waals surface area contributed by atoms with Gasteiger partial charge in [0.2, 0.25) is 5.91 Å². The SMILES string of the molecule is O=C(O)c1c(N2C[C@@H]3C[C@H](C2)[C@@H]2CCCC(=O)N2C3)noc1-c1ccccc1. The molecule has 1 N–H and O–H groups in total. The lowest BCUT2D eigenvalue weighted by Crippen LogP contribution is -2.60. The molecule has 0 unspecified atom stereocenters. The smallest absolute Gasteiger partial charge is 0.343 e. The highest BCUT2D eigenvalue weighted by molar-refractivity contribution is 5.99. The fourth-order valence-electron chi connectivity index (χ4n) is 5.26. The van der Waals surface area contributed by atoms with Crippen molar-refractivity contribution in [1.29, 1.82) is 0 Å². The van der Waals surface area contributed by atoms with Gasteiger partial charge in [-0.1, -0.05) is 35.5 Å². The van der Waals surface area contributed by atoms with Gasteiger partial charge in [0.1, 0.15) is 0 Å². The summed E-state index contributed by atoms with van der Waals surface area (Å²) in [5, 5.41) is 14.0. The number of amides is 1. The monoisotopic (exact) mass is 381 g/mol. The molecule has 0 aliphatic carbocycles. The maximum absolute atomic E-state index is 12.3. The van der Waals surface area contributed by atoms with Crippen molar-refractivity contribution in [2.24, 2.45) is 11.8 Å². The Bertz CT molecular complexity index is 910. The van der Waals surface area contributed by atoms with Crippen molar-refractivity contribution in [1.82, 2.24) is 10.1 Å². The van der Waals surface area contributed by atoms with Crippen molar-refractivity contribution in [3.63, 3.8) is 0 Å². The number of benzene rings is 1. The summed E-state index contributed by atoms with van der Waals surface area (Å²) in [5.74, 6) is 0.662. The Labute approximate surface area is 162 Å². The standard InChI is InChI=1S/C21H23N3O4/c25-17-8-4-7-16-15-9-13(11-24(16)17)10-23(12-15)20-18(21(26)27)19(28-22-20)14-5-2-1-3-6-14/h1-3,5-6,13,15-16H,4,7-12H2,(H,26,27)/t13-,15+,16-/m0/s1. The van der Waals surface area contributed by atoms with E-state index >= 15 is 0 Å². The van der Waals surface area contributed by atoms with Gasteiger partial charge in [-0.05, 0) is 31.1 Å². The second-order valence-corrected chi connectivity index (χ2v) is 8.15. The summed E-state index contributed by atoms with van der Waals surface area (Å²) in [7, 11) is 0. The van der Waals surface area contributed by atoms with Crippen LogP contribution < -0.4 is 4.90 Å². The van der Waals surface area contributed by atoms with Crippen LogP contribution in [0.5, 0.6) is 0 Å². The molecule has 5 rings (SSSR count). The first-order chi connectivity index (χ1) is 13.6. The lowest BCUT2D eigenvalue weighted by molar-refractivity contribution is -0.142. The number of anilines is 1. The highest BCUT2D eigenvalue weighted by atomic mass is 16.5. The quantitative estimate of drug-likeness (QED) is 0.880. The largest absolute Gasteiger partial charge is 0.477 e. The molecular weight excluding hydrogens is 358 g/mol. The van der Waals surface area contributed by atoms with Crippen LogP contribution in [-0.4, -0.2) is 52.7 Å². The van der Waals surface area contributed by atoms with Crippen LogP contribution in [0.15, 0.2) is 34.9 Å². The molecule has 2 bridgehead atoms. The molecule has 7 heteroatoms. The van der Waals surface area contributed by atoms with Crippen LogP contribution in [0.4, 0.5) is 5.82 Å². The predicted molar refractivity (Wildman–Crippen MR) is 102 cm³/mol. The molecule has 2 aromatic rings. The van der Waals surface area contributed by atoms with Gasteiger partial charge in [0.25, 0.3) is 0 Å². The molecule has 3 aliphatic rings. The third-order valence-corrected chi connectivity index (χ3v) is 6.40. The molecule has 7 nitrogen and oxygen atoms in total. The maximum atomic E-state index is 12.3. The second kappa shape index (κ2) is 6.65. The van der Waals surface area contributed by atoms with E-state index in [1.807, 2.05) is 30.3 Å². The number of aromatic carboxylic acids is 1. The minimum absolute atomic E-state index is 0.128. The van der Waals surface area contributed by atoms with Crippen LogP contribution in [0.1, 0.15) is 36.0 Å². The van der Waals surface area contributed by atoms with Crippen LogP contribution in [0.3, 0.4) is 0 Å². The summed E-state index contributed by atoms with van der Waals surface area (Å²) in [6.45, 7) is 2.18. The summed E-state index contributed by atoms with van der Waals surface area (Å²) >= 11 is 0. The number of carbonyl (C=O) groups excluding carboxylic acids is 1. The van der Waals surface area contributed by atoms with E-state index in [4.69, 9.17) is 4.52 Å². The van der Waals surface area contributed by atoms with Gasteiger partial charge >= 0.3 is 5.97 Å². The molecule has 28 heavy (non-hydrogen) atoms. The number of hydrogen-bond acceptors (Lipinski definition) is 5. The van der Waals surface area contributed by atoms with Crippen molar-refractivity contribution in [2.45, 2.75) is 31.7 Å². The fourth-order valence-corrected chi connectivity index (χ4v) is 5.26. The number of nitrogens with zero attached hydrogens (tertiary/aromatic N) is 3. The maximum Gasteiger partial charge on any atom is 0.343 e. The molecular formula is C21H23N3O4. The number of aromatic nitrogens is 1. The van der Waals surface area contributed by atoms with Crippen LogP contribution in [0.2, 0.25) is 0 Å². The van der Waals surface area contributed by atoms with E-state index in [1.165, 1.54) is 0 Å². The van der Waals surface area contributed by atoms with E-state index in [0.29, 0.717) is 48.5 Å². The highest BCUT2D eigenvalue weighted by Gasteiger charge is 2.45. The Balaban J connectivity index is 1.47. The van der Waals surface area contributed by atoms with Gasteiger partial charge in [-0.3, -0.25) is 4.79 Å². The normalized spacial score (nSPS) is 26.9. The summed E-state index contributed by atoms with van der Waals surface area (Å²) in [6, 6.07) is 9.51. The number of carboxylic acid groups (broad SMARTS) is 1. The van der Waals surface area contributed by atoms with Crippen LogP contribution in [0, 0.1) is 11.8 Å². The van der Waals surface area contributed by atoms with Crippen molar-refractivity contribution in [2.75, 3.05) is 24.5 Å². The average molecular weight is 381 g/mol. The number of carboxylic acids is 1. The Morgan fingerprint density at radius 1 is 1.18 bits per heavy atom. The first-order valence-electron chi connectivity index (χ1n) is 9.94. The van der Waals surface area contributed by atoms with E-state index in [0.717, 1.165) is 25.8 Å². The number of hydrogen-bond donors (Lipinski definition) is 1. The Kier molecular flexibility index (Phi) is 4.10. The summed E-state index contributed by atoms with van der Waals surface area (Å²) in [4.78, 5) is 28.5. The number of rotatable bonds is 3. The van der Waals surface area contributed by atoms with Crippen molar-refractivity contribution < 1.29 is 19.2 Å². The Morgan fingerprint density at radius 2 is 2.00 bits per heavy atom. The number of fused-ring (bicyclic) bond motifs is 4. The van der Waals surface area contributed by atoms with Crippen LogP contribution in [-0.2, 0) is 4.79 Å². The predicted octanol–water partition coefficient (Wildman–Crippen LogP) is 2.88. The van der Waals surface area contributed by atoms with E-state index in [-0.39, 0.29) is 17.5 Å². The van der Waals surface area contributed by atoms with Gasteiger partial charge in [0.15, 0.2) is 17.1 Å². The molecule has 3 atom stereocenters. The first-order valence-corrected chi connectivity index (χ1v) is 9.94. The summed E-state index contributed by atoms with van der Waals surface area (Å²) in [5.41, 5.74) is 0.836. The summed E-state index contributed by atoms with van der Waals surface area (Å²) in [6.07, 6.45) is 3.74. The van der Waals surface area contributed by atoms with E-state index in [1.54, 1.807) is 0 Å². The van der Waals surface area contributed by atoms with Crippen molar-refractivity contribution in [3.05, 3.63) is 35.9 Å². The number of piperidine rings is 3. The van der Waals surface area contributed by atoms with Gasteiger partial charge in [0.05, 0.1) is 0 Å². The van der Waals surface area contributed by atoms with Gasteiger partial charge < -0.3 is 19.4 Å². The van der Waals surface area contributed by atoms with E-state index in [9.17, 15) is 14.7 Å². The molecule has 0 saturated carbocycles. The number of carbonyl (C=O) groups is 2. The molecule has 146 valence electrons. The second-order valence-electron chi connectivity index (χ2n) is 8.15. The zero-order chi connectivity index (χ0) is 19.3. The zero-order valence-electron chi connectivity index (χ0n) is 15.6. The molecule has 3 saturated heterocycles. The average Bonchev–Trinajstić information content (AvgIpc) is 3.15. The van der Waals surface area contributed by atoms with Gasteiger partial charge in [-0.15, -0.1) is 0 Å². The minimum atomic E-state index is -1.03. The molecule has 0 radical (unpaired) electrons. The van der Waals surface area contributed by atoms with Gasteiger partial charge in [-0.2, -0.15) is 0 Å². The highest BCUT2D eigenvalue weighted by Crippen LogP contribution is 2.41. The lowest BCUT2D eigenvalue weighted by atomic mass is 9.76. The van der Waals surface area contributed by atoms with E-state index < -0.39 is 5.97 Å². The van der Waals surface area contributed by atoms with Gasteiger partial charge in [0, 0.05) is 37.7 Å². The molecule has 1 amide bonds. The molecule has 3 fully saturated rings. The molecule has 0 spiro atoms. The van der Waals surface area contributed by atoms with E-state index in [2.05, 4.69) is 15.0 Å². The topological polar surface area (TPSA) is 86.9 Å². The first kappa shape index (κ1) is 17.3. The zero-order valence-corrected chi connectivity index (χ0v) is 15.6. The molecule has 1 aromatic heterocycles. The fraction of sp³-hybridized carbons (Fsp3) is 0.476. The molecule has 1 aromatic carbocycles. The third kappa shape index (κ3) is 2.77. The van der Waals surface area contributed by atoms with Crippen LogP contribution in [0.25, 0.3) is 11.3 Å². The van der Waals surface area contributed by atoms with Crippen LogP contribution >= 0.6 is 0 Å². The van der Waals surface area contributed by atoms with Crippen molar-refractivity contribution >= 4 is 17.7 Å². The van der Waals surface area contributed by atoms with Gasteiger partial charge in [-0.25, -0.2) is 4.79 Å². The summed E-state index contributed by atoms with van der Waals surface area (Å²) < 4.78 is 5.51. The lowest BCUT2D eigenvalue weighted by Gasteiger charge is -2.52. The Hall–Kier alpha value is -2.83. The third-order valence-electron chi connectivity index (χ3n) is 6.40. The minimum Gasteiger partial charge on any atom is -0.477 e. The Morgan fingerprint density at radius 3 is 2.79 bits per heavy atom. The molecule has 4 heterocycles.